The second kappa shape index (κ2) is 6.58. The number of nitro benzene ring substituents is 1. The number of phenols is 1. The van der Waals surface area contributed by atoms with Crippen molar-refractivity contribution in [1.29, 1.82) is 0 Å². The number of nitrogens with zero attached hydrogens (tertiary/aromatic N) is 2. The summed E-state index contributed by atoms with van der Waals surface area (Å²) in [4.78, 5) is 9.99. The lowest BCUT2D eigenvalue weighted by Crippen LogP contribution is -2.31. The van der Waals surface area contributed by atoms with Crippen LogP contribution >= 0.6 is 24.0 Å². The van der Waals surface area contributed by atoms with Crippen LogP contribution in [0.25, 0.3) is 0 Å². The van der Waals surface area contributed by atoms with Gasteiger partial charge in [-0.1, -0.05) is 11.6 Å². The molecule has 0 aromatic heterocycles. The first-order chi connectivity index (χ1) is 8.20. The van der Waals surface area contributed by atoms with Crippen molar-refractivity contribution in [3.8, 4) is 5.75 Å². The number of hydrogen-bond acceptors (Lipinski definition) is 5. The number of hydrogen-bond donors (Lipinski definition) is 2. The van der Waals surface area contributed by atoms with Crippen LogP contribution in [0.1, 0.15) is 26.3 Å². The van der Waals surface area contributed by atoms with Gasteiger partial charge in [0, 0.05) is 22.2 Å². The molecule has 0 unspecified atom stereocenters. The average Bonchev–Trinajstić information content (AvgIpc) is 2.20. The van der Waals surface area contributed by atoms with Crippen LogP contribution in [0.3, 0.4) is 0 Å². The quantitative estimate of drug-likeness (QED) is 0.510. The third-order valence-corrected chi connectivity index (χ3v) is 2.10. The Bertz CT molecular complexity index is 499. The molecule has 19 heavy (non-hydrogen) atoms. The Morgan fingerprint density at radius 3 is 2.53 bits per heavy atom. The molecule has 0 aliphatic heterocycles. The fourth-order valence-electron chi connectivity index (χ4n) is 1.14. The zero-order chi connectivity index (χ0) is 13.9. The summed E-state index contributed by atoms with van der Waals surface area (Å²) in [5.74, 6) is -0.455. The van der Waals surface area contributed by atoms with Crippen LogP contribution < -0.4 is 5.43 Å². The van der Waals surface area contributed by atoms with Gasteiger partial charge in [0.15, 0.2) is 0 Å². The van der Waals surface area contributed by atoms with Crippen LogP contribution in [0.2, 0.25) is 5.02 Å². The Labute approximate surface area is 122 Å². The third kappa shape index (κ3) is 5.32. The summed E-state index contributed by atoms with van der Waals surface area (Å²) >= 11 is 5.74. The maximum Gasteiger partial charge on any atom is 0.312 e. The van der Waals surface area contributed by atoms with Crippen molar-refractivity contribution in [2.75, 3.05) is 0 Å². The van der Waals surface area contributed by atoms with E-state index in [2.05, 4.69) is 10.5 Å². The lowest BCUT2D eigenvalue weighted by Gasteiger charge is -2.17. The maximum atomic E-state index is 10.7. The highest BCUT2D eigenvalue weighted by Crippen LogP contribution is 2.32. The van der Waals surface area contributed by atoms with E-state index in [1.807, 2.05) is 20.8 Å². The van der Waals surface area contributed by atoms with E-state index in [0.717, 1.165) is 6.07 Å². The summed E-state index contributed by atoms with van der Waals surface area (Å²) in [6.45, 7) is 5.72. The zero-order valence-electron chi connectivity index (χ0n) is 10.7. The standard InChI is InChI=1S/C11H14ClN3O3.ClH/c1-11(2,3)14-13-6-7-4-8(12)5-9(10(7)16)15(17)18;/h4-6,14,16H,1-3H3;1H/b13-6+;. The van der Waals surface area contributed by atoms with Gasteiger partial charge >= 0.3 is 5.69 Å². The van der Waals surface area contributed by atoms with E-state index in [4.69, 9.17) is 11.6 Å². The van der Waals surface area contributed by atoms with Crippen molar-refractivity contribution < 1.29 is 10.0 Å². The lowest BCUT2D eigenvalue weighted by molar-refractivity contribution is -0.385. The van der Waals surface area contributed by atoms with E-state index in [1.54, 1.807) is 0 Å². The molecule has 106 valence electrons. The van der Waals surface area contributed by atoms with Crippen LogP contribution in [-0.4, -0.2) is 21.8 Å². The first-order valence-electron chi connectivity index (χ1n) is 5.18. The molecule has 1 aromatic rings. The molecule has 0 spiro atoms. The molecule has 1 rings (SSSR count). The van der Waals surface area contributed by atoms with Crippen LogP contribution in [0.4, 0.5) is 5.69 Å². The van der Waals surface area contributed by atoms with Gasteiger partial charge < -0.3 is 10.5 Å². The van der Waals surface area contributed by atoms with Crippen LogP contribution in [0, 0.1) is 10.1 Å². The number of hydrazone groups is 1. The molecule has 0 saturated heterocycles. The van der Waals surface area contributed by atoms with Crippen LogP contribution in [0.15, 0.2) is 17.2 Å². The lowest BCUT2D eigenvalue weighted by atomic mass is 10.1. The molecule has 8 heteroatoms. The molecular weight excluding hydrogens is 293 g/mol. The number of rotatable bonds is 3. The summed E-state index contributed by atoms with van der Waals surface area (Å²) in [5, 5.41) is 24.4. The molecule has 2 N–H and O–H groups in total. The summed E-state index contributed by atoms with van der Waals surface area (Å²) in [5.41, 5.74) is 2.31. The Balaban J connectivity index is 0.00000324. The van der Waals surface area contributed by atoms with Gasteiger partial charge in [0.2, 0.25) is 5.75 Å². The van der Waals surface area contributed by atoms with Gasteiger partial charge in [-0.3, -0.25) is 10.1 Å². The minimum atomic E-state index is -0.699. The van der Waals surface area contributed by atoms with Crippen LogP contribution in [-0.2, 0) is 0 Å². The molecular formula is C11H15Cl2N3O3. The van der Waals surface area contributed by atoms with E-state index in [9.17, 15) is 15.2 Å². The fraction of sp³-hybridized carbons (Fsp3) is 0.364. The number of aromatic hydroxyl groups is 1. The summed E-state index contributed by atoms with van der Waals surface area (Å²) in [6, 6.07) is 2.49. The third-order valence-electron chi connectivity index (χ3n) is 1.88. The molecule has 6 nitrogen and oxygen atoms in total. The van der Waals surface area contributed by atoms with Crippen molar-refractivity contribution in [2.24, 2.45) is 5.10 Å². The average molecular weight is 308 g/mol. The van der Waals surface area contributed by atoms with Gasteiger partial charge in [-0.15, -0.1) is 12.4 Å². The predicted molar refractivity (Wildman–Crippen MR) is 77.5 cm³/mol. The van der Waals surface area contributed by atoms with E-state index < -0.39 is 16.4 Å². The molecule has 0 heterocycles. The highest BCUT2D eigenvalue weighted by Gasteiger charge is 2.17. The topological polar surface area (TPSA) is 87.8 Å². The van der Waals surface area contributed by atoms with Gasteiger partial charge in [-0.2, -0.15) is 5.10 Å². The number of nitro groups is 1. The molecule has 0 saturated carbocycles. The Kier molecular flexibility index (Phi) is 6.05. The Hall–Kier alpha value is -1.53. The van der Waals surface area contributed by atoms with Gasteiger partial charge in [0.25, 0.3) is 0 Å². The smallest absolute Gasteiger partial charge is 0.312 e. The van der Waals surface area contributed by atoms with E-state index in [-0.39, 0.29) is 28.5 Å². The summed E-state index contributed by atoms with van der Waals surface area (Å²) in [7, 11) is 0. The molecule has 1 aromatic carbocycles. The summed E-state index contributed by atoms with van der Waals surface area (Å²) in [6.07, 6.45) is 1.29. The summed E-state index contributed by atoms with van der Waals surface area (Å²) < 4.78 is 0. The molecule has 0 fully saturated rings. The first kappa shape index (κ1) is 17.5. The second-order valence-corrected chi connectivity index (χ2v) is 5.18. The van der Waals surface area contributed by atoms with E-state index >= 15 is 0 Å². The number of halogens is 2. The first-order valence-corrected chi connectivity index (χ1v) is 5.55. The monoisotopic (exact) mass is 307 g/mol. The van der Waals surface area contributed by atoms with Crippen molar-refractivity contribution in [3.63, 3.8) is 0 Å². The molecule has 0 aliphatic rings. The van der Waals surface area contributed by atoms with E-state index in [0.29, 0.717) is 0 Å². The Morgan fingerprint density at radius 1 is 1.47 bits per heavy atom. The van der Waals surface area contributed by atoms with Gasteiger partial charge in [-0.05, 0) is 26.8 Å². The van der Waals surface area contributed by atoms with Gasteiger partial charge in [0.1, 0.15) is 0 Å². The zero-order valence-corrected chi connectivity index (χ0v) is 12.2. The predicted octanol–water partition coefficient (Wildman–Crippen LogP) is 3.10. The van der Waals surface area contributed by atoms with Crippen LogP contribution in [0.5, 0.6) is 5.75 Å². The highest BCUT2D eigenvalue weighted by molar-refractivity contribution is 6.31. The highest BCUT2D eigenvalue weighted by atomic mass is 35.5. The normalized spacial score (nSPS) is 11.2. The van der Waals surface area contributed by atoms with Crippen molar-refractivity contribution in [3.05, 3.63) is 32.8 Å². The van der Waals surface area contributed by atoms with Gasteiger partial charge in [0.05, 0.1) is 11.1 Å². The number of phenolic OH excluding ortho intramolecular Hbond substituents is 1. The van der Waals surface area contributed by atoms with Crippen molar-refractivity contribution in [1.82, 2.24) is 5.43 Å². The Morgan fingerprint density at radius 2 is 2.05 bits per heavy atom. The molecule has 0 amide bonds. The maximum absolute atomic E-state index is 10.7. The minimum absolute atomic E-state index is 0. The van der Waals surface area contributed by atoms with Crippen molar-refractivity contribution in [2.45, 2.75) is 26.3 Å². The van der Waals surface area contributed by atoms with Crippen molar-refractivity contribution >= 4 is 35.9 Å². The minimum Gasteiger partial charge on any atom is -0.502 e. The van der Waals surface area contributed by atoms with Gasteiger partial charge in [-0.25, -0.2) is 0 Å². The second-order valence-electron chi connectivity index (χ2n) is 4.74. The largest absolute Gasteiger partial charge is 0.502 e. The molecule has 0 bridgehead atoms. The van der Waals surface area contributed by atoms with E-state index in [1.165, 1.54) is 12.3 Å². The number of benzene rings is 1. The SMILES string of the molecule is CC(C)(C)N/N=C/c1cc(Cl)cc([N+](=O)[O-])c1O.Cl. The molecule has 0 aliphatic carbocycles. The molecule has 0 radical (unpaired) electrons. The molecule has 0 atom stereocenters. The number of nitrogens with one attached hydrogen (secondary N) is 1. The fourth-order valence-corrected chi connectivity index (χ4v) is 1.36.